The fourth-order valence-corrected chi connectivity index (χ4v) is 7.50. The van der Waals surface area contributed by atoms with Gasteiger partial charge in [-0.05, 0) is 50.3 Å². The summed E-state index contributed by atoms with van der Waals surface area (Å²) in [7, 11) is -3.84. The van der Waals surface area contributed by atoms with Crippen LogP contribution in [0.4, 0.5) is 8.78 Å². The Morgan fingerprint density at radius 2 is 1.82 bits per heavy atom. The van der Waals surface area contributed by atoms with E-state index in [0.717, 1.165) is 16.8 Å². The van der Waals surface area contributed by atoms with E-state index in [9.17, 15) is 13.2 Å². The van der Waals surface area contributed by atoms with E-state index in [0.29, 0.717) is 18.4 Å². The summed E-state index contributed by atoms with van der Waals surface area (Å²) in [6.07, 6.45) is 1.50. The Balaban J connectivity index is 1.72. The summed E-state index contributed by atoms with van der Waals surface area (Å²) in [5.74, 6) is -2.49. The molecule has 0 aliphatic carbocycles. The van der Waals surface area contributed by atoms with Gasteiger partial charge in [-0.15, -0.1) is 5.10 Å². The highest BCUT2D eigenvalue weighted by Gasteiger charge is 2.42. The Morgan fingerprint density at radius 3 is 2.45 bits per heavy atom. The first kappa shape index (κ1) is 27.7. The molecule has 2 atom stereocenters. The van der Waals surface area contributed by atoms with Crippen LogP contribution >= 0.6 is 0 Å². The second-order valence-corrected chi connectivity index (χ2v) is 11.7. The smallest absolute Gasteiger partial charge is 0.391 e. The van der Waals surface area contributed by atoms with Gasteiger partial charge in [0.2, 0.25) is 15.9 Å². The zero-order valence-corrected chi connectivity index (χ0v) is 22.3. The highest BCUT2D eigenvalue weighted by Crippen LogP contribution is 2.41. The molecule has 2 aromatic carbocycles. The number of halogens is 2. The van der Waals surface area contributed by atoms with Crippen molar-refractivity contribution in [3.8, 4) is 6.07 Å². The molecule has 0 unspecified atom stereocenters. The average molecular weight is 545 g/mol. The van der Waals surface area contributed by atoms with E-state index < -0.39 is 38.1 Å². The molecule has 1 saturated heterocycles. The third-order valence-corrected chi connectivity index (χ3v) is 9.99. The Bertz CT molecular complexity index is 1510. The lowest BCUT2D eigenvalue weighted by molar-refractivity contribution is 0.278. The predicted octanol–water partition coefficient (Wildman–Crippen LogP) is 4.80. The van der Waals surface area contributed by atoms with Crippen LogP contribution in [0.25, 0.3) is 0 Å². The van der Waals surface area contributed by atoms with Crippen LogP contribution in [0.1, 0.15) is 74.3 Å². The molecule has 4 rings (SSSR count). The second-order valence-electron chi connectivity index (χ2n) is 9.62. The molecular formula is C27H30F2N4O4S. The highest BCUT2D eigenvalue weighted by atomic mass is 32.2. The SMILES string of the molecule is CCC(CC)(c1nn(CC#N)c(=O)o1)c1cc(F)c(CN2[C@@H](C)CC[C@H](c3ccccc3)S2(=O)=O)cc1F. The molecule has 1 fully saturated rings. The second kappa shape index (κ2) is 10.8. The fourth-order valence-electron chi connectivity index (χ4n) is 5.31. The highest BCUT2D eigenvalue weighted by molar-refractivity contribution is 7.89. The maximum absolute atomic E-state index is 15.7. The van der Waals surface area contributed by atoms with Crippen molar-refractivity contribution in [2.45, 2.75) is 76.3 Å². The molecule has 3 aromatic rings. The van der Waals surface area contributed by atoms with Crippen LogP contribution in [0.3, 0.4) is 0 Å². The molecule has 1 aromatic heterocycles. The molecule has 0 amide bonds. The van der Waals surface area contributed by atoms with Crippen molar-refractivity contribution in [2.75, 3.05) is 0 Å². The van der Waals surface area contributed by atoms with E-state index in [4.69, 9.17) is 9.68 Å². The van der Waals surface area contributed by atoms with Crippen molar-refractivity contribution in [2.24, 2.45) is 0 Å². The number of benzene rings is 2. The van der Waals surface area contributed by atoms with Gasteiger partial charge in [0.05, 0.1) is 11.5 Å². The molecule has 0 radical (unpaired) electrons. The van der Waals surface area contributed by atoms with Gasteiger partial charge in [0.1, 0.15) is 23.4 Å². The molecule has 0 spiro atoms. The normalized spacial score (nSPS) is 19.8. The molecule has 0 bridgehead atoms. The zero-order chi connectivity index (χ0) is 27.7. The molecule has 0 N–H and O–H groups in total. The summed E-state index contributed by atoms with van der Waals surface area (Å²) < 4.78 is 65.7. The summed E-state index contributed by atoms with van der Waals surface area (Å²) >= 11 is 0. The molecule has 2 heterocycles. The summed E-state index contributed by atoms with van der Waals surface area (Å²) in [5.41, 5.74) is -0.732. The molecule has 1 aliphatic rings. The maximum Gasteiger partial charge on any atom is 0.438 e. The van der Waals surface area contributed by atoms with E-state index in [-0.39, 0.29) is 49.0 Å². The van der Waals surface area contributed by atoms with Gasteiger partial charge >= 0.3 is 5.76 Å². The number of aromatic nitrogens is 2. The predicted molar refractivity (Wildman–Crippen MR) is 136 cm³/mol. The quantitative estimate of drug-likeness (QED) is 0.403. The minimum absolute atomic E-state index is 0.0502. The van der Waals surface area contributed by atoms with Crippen LogP contribution in [0.2, 0.25) is 0 Å². The topological polar surface area (TPSA) is 109 Å². The van der Waals surface area contributed by atoms with Crippen LogP contribution < -0.4 is 5.76 Å². The van der Waals surface area contributed by atoms with Gasteiger partial charge in [-0.25, -0.2) is 22.0 Å². The Morgan fingerprint density at radius 1 is 1.13 bits per heavy atom. The Kier molecular flexibility index (Phi) is 7.85. The molecule has 0 saturated carbocycles. The van der Waals surface area contributed by atoms with Gasteiger partial charge < -0.3 is 4.42 Å². The first-order valence-corrected chi connectivity index (χ1v) is 14.1. The van der Waals surface area contributed by atoms with Crippen molar-refractivity contribution in [3.05, 3.63) is 87.2 Å². The maximum atomic E-state index is 15.7. The van der Waals surface area contributed by atoms with Gasteiger partial charge in [-0.3, -0.25) is 0 Å². The molecule has 11 heteroatoms. The first-order valence-electron chi connectivity index (χ1n) is 12.6. The van der Waals surface area contributed by atoms with Crippen molar-refractivity contribution in [1.29, 1.82) is 5.26 Å². The molecule has 1 aliphatic heterocycles. The van der Waals surface area contributed by atoms with Crippen LogP contribution in [-0.2, 0) is 28.5 Å². The van der Waals surface area contributed by atoms with Crippen molar-refractivity contribution in [1.82, 2.24) is 14.1 Å². The standard InChI is InChI=1S/C27H30F2N4O4S/c1-4-27(5-2,25-31-32(14-13-30)26(34)37-25)21-16-22(28)20(15-23(21)29)17-33-18(3)11-12-24(38(33,35)36)19-9-7-6-8-10-19/h6-10,15-16,18,24H,4-5,11-12,14,17H2,1-3H3/t18-,24+/m0/s1. The third kappa shape index (κ3) is 4.78. The Hall–Kier alpha value is -3.36. The van der Waals surface area contributed by atoms with Gasteiger partial charge in [0.15, 0.2) is 0 Å². The minimum atomic E-state index is -3.84. The van der Waals surface area contributed by atoms with Gasteiger partial charge in [0, 0.05) is 23.7 Å². The third-order valence-electron chi connectivity index (χ3n) is 7.62. The number of nitriles is 1. The number of rotatable bonds is 8. The zero-order valence-electron chi connectivity index (χ0n) is 21.5. The number of sulfonamides is 1. The van der Waals surface area contributed by atoms with Crippen molar-refractivity contribution >= 4 is 10.0 Å². The Labute approximate surface area is 220 Å². The van der Waals surface area contributed by atoms with Crippen LogP contribution in [0, 0.1) is 23.0 Å². The van der Waals surface area contributed by atoms with Crippen molar-refractivity contribution in [3.63, 3.8) is 0 Å². The molecule has 8 nitrogen and oxygen atoms in total. The average Bonchev–Trinajstić information content (AvgIpc) is 3.26. The summed E-state index contributed by atoms with van der Waals surface area (Å²) in [4.78, 5) is 12.1. The lowest BCUT2D eigenvalue weighted by Crippen LogP contribution is -2.45. The van der Waals surface area contributed by atoms with E-state index in [1.54, 1.807) is 45.0 Å². The fraction of sp³-hybridized carbons (Fsp3) is 0.444. The van der Waals surface area contributed by atoms with Gasteiger partial charge in [-0.1, -0.05) is 44.2 Å². The van der Waals surface area contributed by atoms with Gasteiger partial charge in [-0.2, -0.15) is 14.2 Å². The van der Waals surface area contributed by atoms with Crippen molar-refractivity contribution < 1.29 is 21.6 Å². The number of hydrogen-bond acceptors (Lipinski definition) is 6. The monoisotopic (exact) mass is 544 g/mol. The van der Waals surface area contributed by atoms with E-state index in [1.165, 1.54) is 4.31 Å². The molecule has 38 heavy (non-hydrogen) atoms. The van der Waals surface area contributed by atoms with Crippen LogP contribution in [0.15, 0.2) is 51.7 Å². The first-order chi connectivity index (χ1) is 18.1. The van der Waals surface area contributed by atoms with Gasteiger partial charge in [0.25, 0.3) is 0 Å². The lowest BCUT2D eigenvalue weighted by Gasteiger charge is -2.37. The molecule has 202 valence electrons. The lowest BCUT2D eigenvalue weighted by atomic mass is 9.75. The summed E-state index contributed by atoms with van der Waals surface area (Å²) in [5, 5.41) is 12.2. The minimum Gasteiger partial charge on any atom is -0.391 e. The molecular weight excluding hydrogens is 514 g/mol. The number of nitrogens with zero attached hydrogens (tertiary/aromatic N) is 4. The number of hydrogen-bond donors (Lipinski definition) is 0. The van der Waals surface area contributed by atoms with Crippen LogP contribution in [0.5, 0.6) is 0 Å². The van der Waals surface area contributed by atoms with E-state index in [2.05, 4.69) is 5.10 Å². The summed E-state index contributed by atoms with van der Waals surface area (Å²) in [6.45, 7) is 4.59. The van der Waals surface area contributed by atoms with E-state index in [1.807, 2.05) is 12.1 Å². The largest absolute Gasteiger partial charge is 0.438 e. The van der Waals surface area contributed by atoms with E-state index >= 15 is 8.78 Å². The summed E-state index contributed by atoms with van der Waals surface area (Å²) in [6, 6.07) is 12.4. The van der Waals surface area contributed by atoms with Crippen LogP contribution in [-0.4, -0.2) is 28.5 Å².